The first-order valence-corrected chi connectivity index (χ1v) is 7.91. The quantitative estimate of drug-likeness (QED) is 0.527. The smallest absolute Gasteiger partial charge is 0.329 e. The fourth-order valence-corrected chi connectivity index (χ4v) is 2.46. The largest absolute Gasteiger partial charge is 0.471 e. The number of thiol groups is 1. The second-order valence-corrected chi connectivity index (χ2v) is 5.88. The molecule has 27 heavy (non-hydrogen) atoms. The summed E-state index contributed by atoms with van der Waals surface area (Å²) in [4.78, 5) is 15.7. The van der Waals surface area contributed by atoms with Crippen molar-refractivity contribution >= 4 is 24.4 Å². The van der Waals surface area contributed by atoms with E-state index < -0.39 is 23.8 Å². The molecule has 3 rings (SSSR count). The average molecular weight is 397 g/mol. The van der Waals surface area contributed by atoms with Gasteiger partial charge in [-0.25, -0.2) is 4.39 Å². The van der Waals surface area contributed by atoms with Gasteiger partial charge in [0.2, 0.25) is 0 Å². The van der Waals surface area contributed by atoms with Crippen LogP contribution in [0.25, 0.3) is 0 Å². The minimum Gasteiger partial charge on any atom is -0.329 e. The van der Waals surface area contributed by atoms with E-state index in [1.54, 1.807) is 12.1 Å². The summed E-state index contributed by atoms with van der Waals surface area (Å²) in [6, 6.07) is 11.3. The van der Waals surface area contributed by atoms with E-state index in [2.05, 4.69) is 27.5 Å². The average Bonchev–Trinajstić information content (AvgIpc) is 3.11. The van der Waals surface area contributed by atoms with E-state index in [0.29, 0.717) is 16.8 Å². The molecular weight excluding hydrogens is 386 g/mol. The van der Waals surface area contributed by atoms with Gasteiger partial charge in [-0.05, 0) is 42.0 Å². The van der Waals surface area contributed by atoms with Crippen LogP contribution in [0.2, 0.25) is 0 Å². The topological polar surface area (TPSA) is 59.2 Å². The number of amides is 1. The number of rotatable bonds is 4. The van der Waals surface area contributed by atoms with Crippen molar-refractivity contribution < 1.29 is 26.9 Å². The molecule has 0 aliphatic heterocycles. The molecule has 10 heteroatoms. The van der Waals surface area contributed by atoms with Crippen LogP contribution in [0.3, 0.4) is 0 Å². The molecule has 0 atom stereocenters. The predicted molar refractivity (Wildman–Crippen MR) is 90.7 cm³/mol. The number of aromatic nitrogens is 2. The molecule has 140 valence electrons. The van der Waals surface area contributed by atoms with E-state index in [0.717, 1.165) is 4.31 Å². The highest BCUT2D eigenvalue weighted by Crippen LogP contribution is 2.27. The van der Waals surface area contributed by atoms with E-state index in [4.69, 9.17) is 0 Å². The zero-order valence-corrected chi connectivity index (χ0v) is 14.3. The van der Waals surface area contributed by atoms with Crippen LogP contribution in [-0.4, -0.2) is 16.0 Å². The van der Waals surface area contributed by atoms with Crippen LogP contribution < -0.4 is 4.31 Å². The number of carbonyl (C=O) groups excluding carboxylic acids is 1. The van der Waals surface area contributed by atoms with Gasteiger partial charge in [-0.15, -0.1) is 0 Å². The summed E-state index contributed by atoms with van der Waals surface area (Å²) in [6.07, 6.45) is -4.69. The van der Waals surface area contributed by atoms with Crippen LogP contribution in [0.4, 0.5) is 23.2 Å². The number of carbonyl (C=O) groups is 1. The number of anilines is 1. The second-order valence-electron chi connectivity index (χ2n) is 5.48. The summed E-state index contributed by atoms with van der Waals surface area (Å²) in [5.41, 5.74) is 1.27. The Morgan fingerprint density at radius 2 is 1.70 bits per heavy atom. The molecule has 0 unspecified atom stereocenters. The third-order valence-corrected chi connectivity index (χ3v) is 3.95. The zero-order chi connectivity index (χ0) is 19.6. The number of alkyl halides is 3. The summed E-state index contributed by atoms with van der Waals surface area (Å²) in [7, 11) is 0. The Balaban J connectivity index is 1.70. The third-order valence-electron chi connectivity index (χ3n) is 3.54. The van der Waals surface area contributed by atoms with Gasteiger partial charge in [0.05, 0.1) is 5.69 Å². The van der Waals surface area contributed by atoms with Gasteiger partial charge in [0.1, 0.15) is 5.82 Å². The van der Waals surface area contributed by atoms with Crippen molar-refractivity contribution in [3.63, 3.8) is 0 Å². The lowest BCUT2D eigenvalue weighted by molar-refractivity contribution is -0.159. The molecule has 5 nitrogen and oxygen atoms in total. The summed E-state index contributed by atoms with van der Waals surface area (Å²) in [5, 5.41) is 3.29. The Labute approximate surface area is 156 Å². The predicted octanol–water partition coefficient (Wildman–Crippen LogP) is 4.31. The molecule has 0 aliphatic carbocycles. The van der Waals surface area contributed by atoms with Crippen molar-refractivity contribution in [2.24, 2.45) is 0 Å². The maximum Gasteiger partial charge on any atom is 0.471 e. The number of hydrogen-bond acceptors (Lipinski definition) is 5. The lowest BCUT2D eigenvalue weighted by Gasteiger charge is -2.15. The monoisotopic (exact) mass is 397 g/mol. The van der Waals surface area contributed by atoms with Crippen LogP contribution in [0.1, 0.15) is 27.6 Å². The zero-order valence-electron chi connectivity index (χ0n) is 13.4. The first-order chi connectivity index (χ1) is 12.7. The van der Waals surface area contributed by atoms with Gasteiger partial charge in [0.25, 0.3) is 5.91 Å². The van der Waals surface area contributed by atoms with Crippen LogP contribution in [0.5, 0.6) is 0 Å². The van der Waals surface area contributed by atoms with E-state index in [-0.39, 0.29) is 12.2 Å². The second kappa shape index (κ2) is 7.39. The molecule has 0 saturated heterocycles. The van der Waals surface area contributed by atoms with E-state index in [1.807, 2.05) is 0 Å². The Morgan fingerprint density at radius 3 is 2.26 bits per heavy atom. The third kappa shape index (κ3) is 4.45. The molecule has 1 aromatic heterocycles. The van der Waals surface area contributed by atoms with Crippen LogP contribution in [0.15, 0.2) is 53.1 Å². The highest BCUT2D eigenvalue weighted by molar-refractivity contribution is 7.82. The van der Waals surface area contributed by atoms with Crippen LogP contribution >= 0.6 is 12.8 Å². The SMILES string of the molecule is O=C(c1ccc(Cc2noc(C(F)(F)F)n2)cc1)N(S)c1ccc(F)cc1. The Morgan fingerprint density at radius 1 is 1.07 bits per heavy atom. The molecule has 0 fully saturated rings. The maximum atomic E-state index is 13.0. The highest BCUT2D eigenvalue weighted by atomic mass is 32.1. The molecule has 1 amide bonds. The van der Waals surface area contributed by atoms with Crippen LogP contribution in [-0.2, 0) is 12.6 Å². The summed E-state index contributed by atoms with van der Waals surface area (Å²) in [6.45, 7) is 0. The minimum atomic E-state index is -4.70. The van der Waals surface area contributed by atoms with Gasteiger partial charge in [-0.1, -0.05) is 30.1 Å². The van der Waals surface area contributed by atoms with Gasteiger partial charge < -0.3 is 4.52 Å². The number of halogens is 4. The standard InChI is InChI=1S/C17H11F4N3O2S/c18-12-5-7-13(8-6-12)24(27)15(25)11-3-1-10(2-4-11)9-14-22-16(26-23-14)17(19,20)21/h1-8,27H,9H2. The minimum absolute atomic E-state index is 0.0105. The highest BCUT2D eigenvalue weighted by Gasteiger charge is 2.38. The molecule has 3 aromatic rings. The molecule has 2 aromatic carbocycles. The Bertz CT molecular complexity index is 940. The van der Waals surface area contributed by atoms with Crippen molar-refractivity contribution in [1.82, 2.24) is 10.1 Å². The maximum absolute atomic E-state index is 13.0. The van der Waals surface area contributed by atoms with E-state index >= 15 is 0 Å². The summed E-state index contributed by atoms with van der Waals surface area (Å²) < 4.78 is 55.5. The van der Waals surface area contributed by atoms with Gasteiger partial charge in [0.15, 0.2) is 5.82 Å². The molecule has 0 bridgehead atoms. The number of benzene rings is 2. The fraction of sp³-hybridized carbons (Fsp3) is 0.118. The van der Waals surface area contributed by atoms with Crippen molar-refractivity contribution in [1.29, 1.82) is 0 Å². The molecule has 0 saturated carbocycles. The molecular formula is C17H11F4N3O2S. The molecule has 0 aliphatic rings. The van der Waals surface area contributed by atoms with Crippen LogP contribution in [0, 0.1) is 5.82 Å². The van der Waals surface area contributed by atoms with E-state index in [9.17, 15) is 22.4 Å². The van der Waals surface area contributed by atoms with Crippen molar-refractivity contribution in [3.05, 3.63) is 77.2 Å². The molecule has 0 N–H and O–H groups in total. The molecule has 0 radical (unpaired) electrons. The summed E-state index contributed by atoms with van der Waals surface area (Å²) in [5.74, 6) is -2.42. The van der Waals surface area contributed by atoms with Gasteiger partial charge in [0, 0.05) is 12.0 Å². The van der Waals surface area contributed by atoms with Gasteiger partial charge >= 0.3 is 12.1 Å². The first-order valence-electron chi connectivity index (χ1n) is 7.51. The number of nitrogens with zero attached hydrogens (tertiary/aromatic N) is 3. The van der Waals surface area contributed by atoms with Crippen molar-refractivity contribution in [2.75, 3.05) is 4.31 Å². The Kier molecular flexibility index (Phi) is 5.17. The molecule has 1 heterocycles. The summed E-state index contributed by atoms with van der Waals surface area (Å²) >= 11 is 4.12. The molecule has 0 spiro atoms. The lowest BCUT2D eigenvalue weighted by Crippen LogP contribution is -2.20. The number of hydrogen-bond donors (Lipinski definition) is 1. The van der Waals surface area contributed by atoms with Crippen molar-refractivity contribution in [2.45, 2.75) is 12.6 Å². The normalized spacial score (nSPS) is 11.4. The van der Waals surface area contributed by atoms with Gasteiger partial charge in [-0.3, -0.25) is 9.10 Å². The van der Waals surface area contributed by atoms with E-state index in [1.165, 1.54) is 36.4 Å². The first kappa shape index (κ1) is 18.9. The van der Waals surface area contributed by atoms with Gasteiger partial charge in [-0.2, -0.15) is 18.2 Å². The van der Waals surface area contributed by atoms with Crippen molar-refractivity contribution in [3.8, 4) is 0 Å². The Hall–Kier alpha value is -2.88. The fourth-order valence-electron chi connectivity index (χ4n) is 2.21. The lowest BCUT2D eigenvalue weighted by atomic mass is 10.1.